The molecule has 1 heterocycles. The second-order valence-corrected chi connectivity index (χ2v) is 7.37. The van der Waals surface area contributed by atoms with Gasteiger partial charge in [0.25, 0.3) is 11.6 Å². The second-order valence-electron chi connectivity index (χ2n) is 7.37. The van der Waals surface area contributed by atoms with Crippen LogP contribution in [0.3, 0.4) is 0 Å². The van der Waals surface area contributed by atoms with Crippen LogP contribution < -0.4 is 14.8 Å². The van der Waals surface area contributed by atoms with Crippen molar-refractivity contribution in [2.24, 2.45) is 0 Å². The molecule has 34 heavy (non-hydrogen) atoms. The summed E-state index contributed by atoms with van der Waals surface area (Å²) < 4.78 is 17.0. The monoisotopic (exact) mass is 466 g/mol. The SMILES string of the molecule is CCOc1cc(/C=C(\C#N)C(=O)Nc2ccc([N+](=O)[O-])cc2)ccc1OCCN1CCOCC1. The number of benzene rings is 2. The number of amides is 1. The number of carbonyl (C=O) groups excluding carboxylic acids is 1. The van der Waals surface area contributed by atoms with Crippen molar-refractivity contribution in [3.8, 4) is 17.6 Å². The molecule has 2 aromatic rings. The largest absolute Gasteiger partial charge is 0.490 e. The average Bonchev–Trinajstić information content (AvgIpc) is 2.85. The molecule has 178 valence electrons. The zero-order valence-corrected chi connectivity index (χ0v) is 18.9. The summed E-state index contributed by atoms with van der Waals surface area (Å²) in [5.74, 6) is 0.479. The number of nitrogens with one attached hydrogen (secondary N) is 1. The molecule has 0 spiro atoms. The third-order valence-corrected chi connectivity index (χ3v) is 5.05. The summed E-state index contributed by atoms with van der Waals surface area (Å²) in [6.45, 7) is 6.77. The maximum Gasteiger partial charge on any atom is 0.269 e. The van der Waals surface area contributed by atoms with E-state index in [9.17, 15) is 20.2 Å². The van der Waals surface area contributed by atoms with Crippen LogP contribution in [0.1, 0.15) is 12.5 Å². The van der Waals surface area contributed by atoms with Gasteiger partial charge in [-0.15, -0.1) is 0 Å². The van der Waals surface area contributed by atoms with E-state index in [1.165, 1.54) is 30.3 Å². The van der Waals surface area contributed by atoms with Gasteiger partial charge in [0.05, 0.1) is 24.7 Å². The van der Waals surface area contributed by atoms with Crippen molar-refractivity contribution in [1.29, 1.82) is 5.26 Å². The third-order valence-electron chi connectivity index (χ3n) is 5.05. The number of hydrogen-bond acceptors (Lipinski definition) is 8. The number of nitro groups is 1. The van der Waals surface area contributed by atoms with E-state index < -0.39 is 10.8 Å². The number of carbonyl (C=O) groups is 1. The lowest BCUT2D eigenvalue weighted by Crippen LogP contribution is -2.38. The summed E-state index contributed by atoms with van der Waals surface area (Å²) in [6, 6.07) is 12.4. The van der Waals surface area contributed by atoms with Crippen LogP contribution in [0, 0.1) is 21.4 Å². The Morgan fingerprint density at radius 3 is 2.59 bits per heavy atom. The van der Waals surface area contributed by atoms with E-state index in [0.29, 0.717) is 36.0 Å². The molecule has 0 atom stereocenters. The number of nitrogens with zero attached hydrogens (tertiary/aromatic N) is 3. The van der Waals surface area contributed by atoms with Crippen molar-refractivity contribution in [3.63, 3.8) is 0 Å². The number of rotatable bonds is 10. The Bertz CT molecular complexity index is 1070. The molecule has 1 aliphatic heterocycles. The fraction of sp³-hybridized carbons (Fsp3) is 0.333. The number of anilines is 1. The molecule has 1 N–H and O–H groups in total. The van der Waals surface area contributed by atoms with E-state index in [1.54, 1.807) is 18.2 Å². The Morgan fingerprint density at radius 2 is 1.94 bits per heavy atom. The van der Waals surface area contributed by atoms with Crippen molar-refractivity contribution >= 4 is 23.4 Å². The second kappa shape index (κ2) is 12.3. The van der Waals surface area contributed by atoms with E-state index in [2.05, 4.69) is 10.2 Å². The van der Waals surface area contributed by atoms with Gasteiger partial charge in [-0.1, -0.05) is 6.07 Å². The number of ether oxygens (including phenoxy) is 3. The number of nitriles is 1. The fourth-order valence-electron chi connectivity index (χ4n) is 3.29. The lowest BCUT2D eigenvalue weighted by molar-refractivity contribution is -0.384. The van der Waals surface area contributed by atoms with Crippen LogP contribution in [0.15, 0.2) is 48.0 Å². The van der Waals surface area contributed by atoms with Crippen LogP contribution in [0.25, 0.3) is 6.08 Å². The van der Waals surface area contributed by atoms with Gasteiger partial charge in [0.2, 0.25) is 0 Å². The van der Waals surface area contributed by atoms with Gasteiger partial charge < -0.3 is 19.5 Å². The minimum atomic E-state index is -0.625. The average molecular weight is 466 g/mol. The minimum absolute atomic E-state index is 0.0928. The summed E-state index contributed by atoms with van der Waals surface area (Å²) in [5.41, 5.74) is 0.724. The smallest absolute Gasteiger partial charge is 0.269 e. The highest BCUT2D eigenvalue weighted by atomic mass is 16.6. The Morgan fingerprint density at radius 1 is 1.21 bits per heavy atom. The molecule has 1 fully saturated rings. The molecule has 10 nitrogen and oxygen atoms in total. The van der Waals surface area contributed by atoms with Gasteiger partial charge in [0.1, 0.15) is 18.2 Å². The molecule has 1 saturated heterocycles. The van der Waals surface area contributed by atoms with E-state index in [0.717, 1.165) is 32.8 Å². The van der Waals surface area contributed by atoms with Gasteiger partial charge in [-0.2, -0.15) is 5.26 Å². The number of nitro benzene ring substituents is 1. The van der Waals surface area contributed by atoms with Crippen LogP contribution in [-0.4, -0.2) is 61.8 Å². The highest BCUT2D eigenvalue weighted by molar-refractivity contribution is 6.09. The van der Waals surface area contributed by atoms with E-state index in [1.807, 2.05) is 13.0 Å². The van der Waals surface area contributed by atoms with Gasteiger partial charge >= 0.3 is 0 Å². The predicted molar refractivity (Wildman–Crippen MR) is 126 cm³/mol. The molecular formula is C24H26N4O6. The quantitative estimate of drug-likeness (QED) is 0.245. The van der Waals surface area contributed by atoms with Gasteiger partial charge in [-0.05, 0) is 42.8 Å². The lowest BCUT2D eigenvalue weighted by atomic mass is 10.1. The zero-order chi connectivity index (χ0) is 24.3. The van der Waals surface area contributed by atoms with Crippen molar-refractivity contribution in [2.45, 2.75) is 6.92 Å². The van der Waals surface area contributed by atoms with E-state index >= 15 is 0 Å². The van der Waals surface area contributed by atoms with Crippen LogP contribution >= 0.6 is 0 Å². The molecular weight excluding hydrogens is 440 g/mol. The molecule has 2 aromatic carbocycles. The molecule has 0 aromatic heterocycles. The molecule has 0 bridgehead atoms. The molecule has 0 saturated carbocycles. The standard InChI is InChI=1S/C24H26N4O6/c1-2-33-23-16-18(3-8-22(23)34-14-11-27-9-12-32-13-10-27)15-19(17-25)24(29)26-20-4-6-21(7-5-20)28(30)31/h3-8,15-16H,2,9-14H2,1H3,(H,26,29)/b19-15+. The summed E-state index contributed by atoms with van der Waals surface area (Å²) in [5, 5.41) is 22.8. The predicted octanol–water partition coefficient (Wildman–Crippen LogP) is 3.25. The molecule has 10 heteroatoms. The number of morpholine rings is 1. The Labute approximate surface area is 197 Å². The maximum absolute atomic E-state index is 12.5. The van der Waals surface area contributed by atoms with Gasteiger partial charge in [-0.25, -0.2) is 0 Å². The summed E-state index contributed by atoms with van der Waals surface area (Å²) >= 11 is 0. The molecule has 0 aliphatic carbocycles. The van der Waals surface area contributed by atoms with Crippen molar-refractivity contribution in [2.75, 3.05) is 51.4 Å². The van der Waals surface area contributed by atoms with Gasteiger partial charge in [0.15, 0.2) is 11.5 Å². The Kier molecular flexibility index (Phi) is 8.96. The number of hydrogen-bond donors (Lipinski definition) is 1. The number of non-ortho nitro benzene ring substituents is 1. The van der Waals surface area contributed by atoms with E-state index in [4.69, 9.17) is 14.2 Å². The molecule has 1 aliphatic rings. The van der Waals surface area contributed by atoms with Crippen LogP contribution in [0.2, 0.25) is 0 Å². The van der Waals surface area contributed by atoms with Crippen LogP contribution in [0.5, 0.6) is 11.5 Å². The highest BCUT2D eigenvalue weighted by Gasteiger charge is 2.14. The highest BCUT2D eigenvalue weighted by Crippen LogP contribution is 2.29. The zero-order valence-electron chi connectivity index (χ0n) is 18.9. The van der Waals surface area contributed by atoms with E-state index in [-0.39, 0.29) is 11.3 Å². The first-order valence-corrected chi connectivity index (χ1v) is 10.9. The summed E-state index contributed by atoms with van der Waals surface area (Å²) in [6.07, 6.45) is 1.45. The third kappa shape index (κ3) is 7.03. The van der Waals surface area contributed by atoms with Crippen LogP contribution in [-0.2, 0) is 9.53 Å². The minimum Gasteiger partial charge on any atom is -0.490 e. The topological polar surface area (TPSA) is 127 Å². The maximum atomic E-state index is 12.5. The first-order valence-electron chi connectivity index (χ1n) is 10.9. The molecule has 0 unspecified atom stereocenters. The lowest BCUT2D eigenvalue weighted by Gasteiger charge is -2.26. The Hall–Kier alpha value is -3.94. The fourth-order valence-corrected chi connectivity index (χ4v) is 3.29. The van der Waals surface area contributed by atoms with Crippen molar-refractivity contribution in [1.82, 2.24) is 4.90 Å². The first kappa shape index (κ1) is 24.7. The Balaban J connectivity index is 1.67. The normalized spacial score (nSPS) is 14.2. The molecule has 3 rings (SSSR count). The summed E-state index contributed by atoms with van der Waals surface area (Å²) in [4.78, 5) is 25.0. The molecule has 1 amide bonds. The molecule has 0 radical (unpaired) electrons. The summed E-state index contributed by atoms with van der Waals surface area (Å²) in [7, 11) is 0. The van der Waals surface area contributed by atoms with Gasteiger partial charge in [0, 0.05) is 37.5 Å². The van der Waals surface area contributed by atoms with Crippen molar-refractivity contribution < 1.29 is 23.9 Å². The first-order chi connectivity index (χ1) is 16.5. The van der Waals surface area contributed by atoms with Crippen LogP contribution in [0.4, 0.5) is 11.4 Å². The van der Waals surface area contributed by atoms with Crippen molar-refractivity contribution in [3.05, 3.63) is 63.7 Å². The van der Waals surface area contributed by atoms with Gasteiger partial charge in [-0.3, -0.25) is 19.8 Å².